The summed E-state index contributed by atoms with van der Waals surface area (Å²) in [6.07, 6.45) is 3.47. The largest absolute Gasteiger partial charge is 0.355 e. The summed E-state index contributed by atoms with van der Waals surface area (Å²) >= 11 is 0. The van der Waals surface area contributed by atoms with E-state index >= 15 is 0 Å². The molecule has 21 heavy (non-hydrogen) atoms. The molecular weight excluding hydrogens is 267 g/mol. The van der Waals surface area contributed by atoms with Gasteiger partial charge in [-0.25, -0.2) is 4.39 Å². The lowest BCUT2D eigenvalue weighted by Gasteiger charge is -2.26. The number of benzene rings is 1. The quantitative estimate of drug-likeness (QED) is 0.876. The summed E-state index contributed by atoms with van der Waals surface area (Å²) in [6, 6.07) is 6.16. The molecule has 0 radical (unpaired) electrons. The maximum atomic E-state index is 13.0. The molecule has 1 saturated heterocycles. The molecule has 0 saturated carbocycles. The Kier molecular flexibility index (Phi) is 5.34. The van der Waals surface area contributed by atoms with Gasteiger partial charge in [-0.3, -0.25) is 4.79 Å². The summed E-state index contributed by atoms with van der Waals surface area (Å²) in [4.78, 5) is 12.4. The minimum absolute atomic E-state index is 0.00197. The Balaban J connectivity index is 1.84. The molecule has 1 fully saturated rings. The van der Waals surface area contributed by atoms with E-state index in [9.17, 15) is 9.18 Å². The molecule has 2 rings (SSSR count). The van der Waals surface area contributed by atoms with Gasteiger partial charge in [0, 0.05) is 6.54 Å². The van der Waals surface area contributed by atoms with Crippen molar-refractivity contribution in [2.45, 2.75) is 38.5 Å². The van der Waals surface area contributed by atoms with E-state index in [4.69, 9.17) is 0 Å². The molecule has 116 valence electrons. The fourth-order valence-electron chi connectivity index (χ4n) is 2.78. The summed E-state index contributed by atoms with van der Waals surface area (Å²) in [6.45, 7) is 6.61. The minimum atomic E-state index is -0.640. The van der Waals surface area contributed by atoms with Crippen LogP contribution in [0.15, 0.2) is 24.3 Å². The number of hydrogen-bond acceptors (Lipinski definition) is 2. The number of hydrogen-bond donors (Lipinski definition) is 2. The number of piperidine rings is 1. The molecule has 1 amide bonds. The zero-order chi connectivity index (χ0) is 15.3. The molecule has 4 heteroatoms. The first-order chi connectivity index (χ1) is 10.00. The highest BCUT2D eigenvalue weighted by Crippen LogP contribution is 2.23. The van der Waals surface area contributed by atoms with Gasteiger partial charge in [-0.15, -0.1) is 0 Å². The zero-order valence-electron chi connectivity index (χ0n) is 12.9. The Hall–Kier alpha value is -1.42. The molecule has 3 nitrogen and oxygen atoms in total. The van der Waals surface area contributed by atoms with Crippen LogP contribution in [0.4, 0.5) is 4.39 Å². The Morgan fingerprint density at radius 2 is 2.10 bits per heavy atom. The predicted molar refractivity (Wildman–Crippen MR) is 82.6 cm³/mol. The van der Waals surface area contributed by atoms with Crippen LogP contribution < -0.4 is 10.6 Å². The van der Waals surface area contributed by atoms with E-state index in [1.807, 2.05) is 13.8 Å². The zero-order valence-corrected chi connectivity index (χ0v) is 12.9. The van der Waals surface area contributed by atoms with Crippen molar-refractivity contribution in [3.05, 3.63) is 35.6 Å². The average molecular weight is 292 g/mol. The fourth-order valence-corrected chi connectivity index (χ4v) is 2.78. The molecule has 0 bridgehead atoms. The Morgan fingerprint density at radius 1 is 1.38 bits per heavy atom. The average Bonchev–Trinajstić information content (AvgIpc) is 2.48. The standard InChI is InChI=1S/C17H25FN2O/c1-17(2,14-5-7-15(18)8-6-14)16(21)20-11-9-13-4-3-10-19-12-13/h5-8,13,19H,3-4,9-12H2,1-2H3,(H,20,21). The van der Waals surface area contributed by atoms with Crippen molar-refractivity contribution in [1.29, 1.82) is 0 Å². The second-order valence-corrected chi connectivity index (χ2v) is 6.39. The van der Waals surface area contributed by atoms with Gasteiger partial charge in [0.05, 0.1) is 5.41 Å². The second-order valence-electron chi connectivity index (χ2n) is 6.39. The smallest absolute Gasteiger partial charge is 0.230 e. The molecule has 1 aromatic carbocycles. The van der Waals surface area contributed by atoms with Crippen LogP contribution >= 0.6 is 0 Å². The monoisotopic (exact) mass is 292 g/mol. The van der Waals surface area contributed by atoms with Gasteiger partial charge < -0.3 is 10.6 Å². The first-order valence-electron chi connectivity index (χ1n) is 7.75. The molecule has 1 aliphatic heterocycles. The number of carbonyl (C=O) groups excluding carboxylic acids is 1. The van der Waals surface area contributed by atoms with E-state index in [0.29, 0.717) is 12.5 Å². The summed E-state index contributed by atoms with van der Waals surface area (Å²) < 4.78 is 13.0. The molecule has 1 atom stereocenters. The molecule has 1 aromatic rings. The number of carbonyl (C=O) groups is 1. The Morgan fingerprint density at radius 3 is 2.71 bits per heavy atom. The highest BCUT2D eigenvalue weighted by atomic mass is 19.1. The fraction of sp³-hybridized carbons (Fsp3) is 0.588. The molecule has 0 aromatic heterocycles. The molecule has 1 heterocycles. The number of nitrogens with one attached hydrogen (secondary N) is 2. The van der Waals surface area contributed by atoms with E-state index in [1.54, 1.807) is 12.1 Å². The van der Waals surface area contributed by atoms with Crippen LogP contribution in [0.5, 0.6) is 0 Å². The lowest BCUT2D eigenvalue weighted by molar-refractivity contribution is -0.125. The number of amides is 1. The van der Waals surface area contributed by atoms with Crippen LogP contribution in [0.3, 0.4) is 0 Å². The summed E-state index contributed by atoms with van der Waals surface area (Å²) in [5.41, 5.74) is 0.194. The number of rotatable bonds is 5. The predicted octanol–water partition coefficient (Wildman–Crippen LogP) is 2.61. The van der Waals surface area contributed by atoms with Crippen molar-refractivity contribution in [1.82, 2.24) is 10.6 Å². The van der Waals surface area contributed by atoms with Gasteiger partial charge in [-0.1, -0.05) is 12.1 Å². The first-order valence-corrected chi connectivity index (χ1v) is 7.75. The van der Waals surface area contributed by atoms with Gasteiger partial charge >= 0.3 is 0 Å². The van der Waals surface area contributed by atoms with Gasteiger partial charge in [0.15, 0.2) is 0 Å². The topological polar surface area (TPSA) is 41.1 Å². The lowest BCUT2D eigenvalue weighted by atomic mass is 9.83. The van der Waals surface area contributed by atoms with Gasteiger partial charge in [0.25, 0.3) is 0 Å². The van der Waals surface area contributed by atoms with Crippen molar-refractivity contribution < 1.29 is 9.18 Å². The third-order valence-electron chi connectivity index (χ3n) is 4.37. The highest BCUT2D eigenvalue weighted by molar-refractivity contribution is 5.87. The minimum Gasteiger partial charge on any atom is -0.355 e. The third-order valence-corrected chi connectivity index (χ3v) is 4.37. The second kappa shape index (κ2) is 7.03. The van der Waals surface area contributed by atoms with Gasteiger partial charge in [0.1, 0.15) is 5.82 Å². The van der Waals surface area contributed by atoms with E-state index in [2.05, 4.69) is 10.6 Å². The van der Waals surface area contributed by atoms with Crippen molar-refractivity contribution in [2.75, 3.05) is 19.6 Å². The summed E-state index contributed by atoms with van der Waals surface area (Å²) in [5, 5.41) is 6.41. The van der Waals surface area contributed by atoms with Crippen LogP contribution in [-0.2, 0) is 10.2 Å². The van der Waals surface area contributed by atoms with E-state index < -0.39 is 5.41 Å². The van der Waals surface area contributed by atoms with Gasteiger partial charge in [-0.05, 0) is 69.8 Å². The SMILES string of the molecule is CC(C)(C(=O)NCCC1CCCNC1)c1ccc(F)cc1. The normalized spacial score (nSPS) is 19.3. The molecule has 2 N–H and O–H groups in total. The maximum absolute atomic E-state index is 13.0. The third kappa shape index (κ3) is 4.27. The molecular formula is C17H25FN2O. The Bertz CT molecular complexity index is 464. The van der Waals surface area contributed by atoms with Crippen LogP contribution in [0, 0.1) is 11.7 Å². The van der Waals surface area contributed by atoms with Crippen molar-refractivity contribution in [3.63, 3.8) is 0 Å². The van der Waals surface area contributed by atoms with E-state index in [1.165, 1.54) is 25.0 Å². The van der Waals surface area contributed by atoms with Gasteiger partial charge in [0.2, 0.25) is 5.91 Å². The number of halogens is 1. The summed E-state index contributed by atoms with van der Waals surface area (Å²) in [7, 11) is 0. The van der Waals surface area contributed by atoms with Crippen LogP contribution in [0.1, 0.15) is 38.7 Å². The molecule has 0 aliphatic carbocycles. The summed E-state index contributed by atoms with van der Waals surface area (Å²) in [5.74, 6) is 0.380. The van der Waals surface area contributed by atoms with Crippen LogP contribution in [0.2, 0.25) is 0 Å². The van der Waals surface area contributed by atoms with Crippen LogP contribution in [-0.4, -0.2) is 25.5 Å². The maximum Gasteiger partial charge on any atom is 0.230 e. The van der Waals surface area contributed by atoms with Crippen molar-refractivity contribution in [3.8, 4) is 0 Å². The van der Waals surface area contributed by atoms with Crippen molar-refractivity contribution in [2.24, 2.45) is 5.92 Å². The van der Waals surface area contributed by atoms with Crippen molar-refractivity contribution >= 4 is 5.91 Å². The lowest BCUT2D eigenvalue weighted by Crippen LogP contribution is -2.41. The molecule has 0 spiro atoms. The van der Waals surface area contributed by atoms with E-state index in [-0.39, 0.29) is 11.7 Å². The van der Waals surface area contributed by atoms with E-state index in [0.717, 1.165) is 25.1 Å². The first kappa shape index (κ1) is 16.0. The molecule has 1 aliphatic rings. The highest BCUT2D eigenvalue weighted by Gasteiger charge is 2.29. The van der Waals surface area contributed by atoms with Gasteiger partial charge in [-0.2, -0.15) is 0 Å². The molecule has 1 unspecified atom stereocenters. The Labute approximate surface area is 126 Å². The van der Waals surface area contributed by atoms with Crippen LogP contribution in [0.25, 0.3) is 0 Å².